The maximum Gasteiger partial charge on any atom is 0.238 e. The normalized spacial score (nSPS) is 21.5. The molecule has 0 aromatic heterocycles. The van der Waals surface area contributed by atoms with Crippen molar-refractivity contribution < 1.29 is 24.2 Å². The molecule has 8 heteroatoms. The molecule has 0 saturated carbocycles. The lowest BCUT2D eigenvalue weighted by Crippen LogP contribution is -2.47. The number of nitrogens with one attached hydrogen (secondary N) is 2. The average Bonchev–Trinajstić information content (AvgIpc) is 3.29. The molecule has 3 aromatic carbocycles. The first-order valence-electron chi connectivity index (χ1n) is 13.3. The number of carbonyl (C=O) groups excluding carboxylic acids is 2. The fraction of sp³-hybridized carbons (Fsp3) is 0.355. The van der Waals surface area contributed by atoms with Crippen molar-refractivity contribution in [2.45, 2.75) is 43.6 Å². The van der Waals surface area contributed by atoms with Crippen LogP contribution in [0.3, 0.4) is 0 Å². The molecule has 0 unspecified atom stereocenters. The zero-order valence-electron chi connectivity index (χ0n) is 22.3. The van der Waals surface area contributed by atoms with Crippen LogP contribution in [-0.2, 0) is 20.9 Å². The highest BCUT2D eigenvalue weighted by molar-refractivity contribution is 5.92. The maximum absolute atomic E-state index is 12.8. The number of amides is 2. The lowest BCUT2D eigenvalue weighted by atomic mass is 9.84. The number of ether oxygens (including phenoxy) is 2. The van der Waals surface area contributed by atoms with Gasteiger partial charge in [-0.25, -0.2) is 0 Å². The first-order chi connectivity index (χ1) is 18.9. The van der Waals surface area contributed by atoms with Gasteiger partial charge in [-0.3, -0.25) is 9.59 Å². The summed E-state index contributed by atoms with van der Waals surface area (Å²) in [6, 6.07) is 23.9. The molecule has 3 aromatic rings. The zero-order chi connectivity index (χ0) is 27.4. The van der Waals surface area contributed by atoms with E-state index in [9.17, 15) is 14.7 Å². The molecule has 0 radical (unpaired) electrons. The van der Waals surface area contributed by atoms with Gasteiger partial charge in [0.05, 0.1) is 25.7 Å². The van der Waals surface area contributed by atoms with Crippen LogP contribution in [0, 0.1) is 0 Å². The third-order valence-electron chi connectivity index (χ3n) is 7.21. The van der Waals surface area contributed by atoms with E-state index in [1.54, 1.807) is 0 Å². The largest absolute Gasteiger partial charge is 0.487 e. The quantitative estimate of drug-likeness (QED) is 0.392. The van der Waals surface area contributed by atoms with E-state index in [0.717, 1.165) is 28.0 Å². The fourth-order valence-electron chi connectivity index (χ4n) is 5.38. The lowest BCUT2D eigenvalue weighted by Gasteiger charge is -2.37. The minimum atomic E-state index is -0.536. The number of aliphatic hydroxyl groups excluding tert-OH is 1. The molecule has 2 amide bonds. The molecule has 0 spiro atoms. The van der Waals surface area contributed by atoms with E-state index in [-0.39, 0.29) is 49.5 Å². The minimum absolute atomic E-state index is 0.0417. The van der Waals surface area contributed by atoms with Gasteiger partial charge in [0.1, 0.15) is 18.0 Å². The van der Waals surface area contributed by atoms with E-state index < -0.39 is 6.10 Å². The van der Waals surface area contributed by atoms with E-state index in [1.165, 1.54) is 0 Å². The van der Waals surface area contributed by atoms with E-state index in [1.807, 2.05) is 67.5 Å². The van der Waals surface area contributed by atoms with Gasteiger partial charge in [0.15, 0.2) is 0 Å². The first kappa shape index (κ1) is 26.9. The molecule has 0 aliphatic carbocycles. The van der Waals surface area contributed by atoms with Gasteiger partial charge in [-0.1, -0.05) is 54.6 Å². The Balaban J connectivity index is 1.19. The Labute approximate surface area is 228 Å². The van der Waals surface area contributed by atoms with Crippen molar-refractivity contribution in [3.8, 4) is 16.9 Å². The topological polar surface area (TPSA) is 100 Å². The van der Waals surface area contributed by atoms with Crippen molar-refractivity contribution in [2.75, 3.05) is 32.6 Å². The van der Waals surface area contributed by atoms with Gasteiger partial charge >= 0.3 is 0 Å². The Morgan fingerprint density at radius 2 is 1.72 bits per heavy atom. The van der Waals surface area contributed by atoms with Gasteiger partial charge in [0, 0.05) is 23.7 Å². The summed E-state index contributed by atoms with van der Waals surface area (Å²) >= 11 is 0. The number of likely N-dealkylation sites (N-methyl/N-ethyl adjacent to an activating group) is 1. The lowest BCUT2D eigenvalue weighted by molar-refractivity contribution is -0.142. The summed E-state index contributed by atoms with van der Waals surface area (Å²) in [5.74, 6) is 0.479. The number of carbonyl (C=O) groups is 2. The summed E-state index contributed by atoms with van der Waals surface area (Å²) in [4.78, 5) is 26.9. The first-order valence-corrected chi connectivity index (χ1v) is 13.3. The molecule has 8 nitrogen and oxygen atoms in total. The van der Waals surface area contributed by atoms with Crippen LogP contribution in [-0.4, -0.2) is 67.4 Å². The zero-order valence-corrected chi connectivity index (χ0v) is 22.3. The molecule has 1 saturated heterocycles. The molecule has 39 heavy (non-hydrogen) atoms. The summed E-state index contributed by atoms with van der Waals surface area (Å²) in [6.45, 7) is 0.514. The van der Waals surface area contributed by atoms with Crippen LogP contribution < -0.4 is 15.4 Å². The van der Waals surface area contributed by atoms with Gasteiger partial charge in [-0.15, -0.1) is 0 Å². The summed E-state index contributed by atoms with van der Waals surface area (Å²) < 4.78 is 12.2. The monoisotopic (exact) mass is 529 g/mol. The second kappa shape index (κ2) is 12.0. The number of hydrogen-bond acceptors (Lipinski definition) is 6. The van der Waals surface area contributed by atoms with Crippen molar-refractivity contribution in [1.82, 2.24) is 10.2 Å². The molecule has 1 fully saturated rings. The van der Waals surface area contributed by atoms with Crippen LogP contribution in [0.5, 0.6) is 5.75 Å². The molecular weight excluding hydrogens is 494 g/mol. The smallest absolute Gasteiger partial charge is 0.238 e. The summed E-state index contributed by atoms with van der Waals surface area (Å²) in [5.41, 5.74) is 4.96. The molecule has 2 aliphatic rings. The number of fused-ring (bicyclic) bond motifs is 3. The SMILES string of the molecule is CN(C)CC(=O)Nc1ccc2c(c1)[C@H]1C[C@@H](CC(=O)NCc3ccc(-c4ccccc4)cc3)O[C@H](CO)[C@H]1O2. The number of aliphatic hydroxyl groups is 1. The minimum Gasteiger partial charge on any atom is -0.487 e. The van der Waals surface area contributed by atoms with Gasteiger partial charge in [0.2, 0.25) is 11.8 Å². The average molecular weight is 530 g/mol. The summed E-state index contributed by atoms with van der Waals surface area (Å²) in [7, 11) is 3.69. The maximum atomic E-state index is 12.8. The molecular formula is C31H35N3O5. The Bertz CT molecular complexity index is 1300. The van der Waals surface area contributed by atoms with Gasteiger partial charge in [0.25, 0.3) is 0 Å². The second-order valence-corrected chi connectivity index (χ2v) is 10.5. The number of anilines is 1. The van der Waals surface area contributed by atoms with E-state index in [4.69, 9.17) is 9.47 Å². The third-order valence-corrected chi connectivity index (χ3v) is 7.21. The Morgan fingerprint density at radius 1 is 0.974 bits per heavy atom. The fourth-order valence-corrected chi connectivity index (χ4v) is 5.38. The molecule has 5 rings (SSSR count). The Kier molecular flexibility index (Phi) is 8.26. The number of benzene rings is 3. The van der Waals surface area contributed by atoms with Crippen LogP contribution in [0.1, 0.15) is 29.9 Å². The molecule has 2 aliphatic heterocycles. The molecule has 2 heterocycles. The van der Waals surface area contributed by atoms with E-state index >= 15 is 0 Å². The van der Waals surface area contributed by atoms with E-state index in [2.05, 4.69) is 34.9 Å². The van der Waals surface area contributed by atoms with Crippen molar-refractivity contribution in [1.29, 1.82) is 0 Å². The van der Waals surface area contributed by atoms with Crippen molar-refractivity contribution in [2.24, 2.45) is 0 Å². The standard InChI is InChI=1S/C31H35N3O5/c1-34(2)18-30(37)33-23-12-13-27-25(14-23)26-15-24(38-28(19-35)31(26)39-27)16-29(36)32-17-20-8-10-22(11-9-20)21-6-4-3-5-7-21/h3-14,24,26,28,31,35H,15-19H2,1-2H3,(H,32,36)(H,33,37)/t24-,26+,28+,31-/m0/s1. The Morgan fingerprint density at radius 3 is 2.44 bits per heavy atom. The van der Waals surface area contributed by atoms with Gasteiger partial charge < -0.3 is 30.1 Å². The van der Waals surface area contributed by atoms with Crippen molar-refractivity contribution in [3.05, 3.63) is 83.9 Å². The van der Waals surface area contributed by atoms with Crippen LogP contribution in [0.4, 0.5) is 5.69 Å². The highest BCUT2D eigenvalue weighted by atomic mass is 16.6. The highest BCUT2D eigenvalue weighted by Crippen LogP contribution is 2.47. The van der Waals surface area contributed by atoms with Crippen LogP contribution >= 0.6 is 0 Å². The predicted molar refractivity (Wildman–Crippen MR) is 149 cm³/mol. The summed E-state index contributed by atoms with van der Waals surface area (Å²) in [5, 5.41) is 15.9. The summed E-state index contributed by atoms with van der Waals surface area (Å²) in [6.07, 6.45) is -0.449. The van der Waals surface area contributed by atoms with Gasteiger partial charge in [-0.05, 0) is 55.4 Å². The second-order valence-electron chi connectivity index (χ2n) is 10.5. The number of nitrogens with zero attached hydrogens (tertiary/aromatic N) is 1. The number of hydrogen-bond donors (Lipinski definition) is 3. The van der Waals surface area contributed by atoms with Crippen LogP contribution in [0.25, 0.3) is 11.1 Å². The molecule has 204 valence electrons. The van der Waals surface area contributed by atoms with Gasteiger partial charge in [-0.2, -0.15) is 0 Å². The van der Waals surface area contributed by atoms with E-state index in [0.29, 0.717) is 18.7 Å². The number of rotatable bonds is 9. The highest BCUT2D eigenvalue weighted by Gasteiger charge is 2.46. The Hall–Kier alpha value is -3.72. The van der Waals surface area contributed by atoms with Crippen LogP contribution in [0.15, 0.2) is 72.8 Å². The van der Waals surface area contributed by atoms with Crippen molar-refractivity contribution in [3.63, 3.8) is 0 Å². The molecule has 3 N–H and O–H groups in total. The third kappa shape index (κ3) is 6.47. The molecule has 4 atom stereocenters. The van der Waals surface area contributed by atoms with Crippen molar-refractivity contribution >= 4 is 17.5 Å². The van der Waals surface area contributed by atoms with Crippen LogP contribution in [0.2, 0.25) is 0 Å². The predicted octanol–water partition coefficient (Wildman–Crippen LogP) is 3.55. The molecule has 0 bridgehead atoms.